The van der Waals surface area contributed by atoms with Gasteiger partial charge in [0.05, 0.1) is 5.92 Å². The number of hydrogen-bond acceptors (Lipinski definition) is 1. The van der Waals surface area contributed by atoms with E-state index in [4.69, 9.17) is 0 Å². The maximum Gasteiger partial charge on any atom is 0.319 e. The van der Waals surface area contributed by atoms with E-state index in [1.54, 1.807) is 0 Å². The van der Waals surface area contributed by atoms with E-state index in [1.165, 1.54) is 0 Å². The van der Waals surface area contributed by atoms with E-state index in [9.17, 15) is 22.4 Å². The highest BCUT2D eigenvalue weighted by Gasteiger charge is 2.71. The number of carbonyl (C=O) groups is 1. The fourth-order valence-electron chi connectivity index (χ4n) is 0.814. The van der Waals surface area contributed by atoms with Crippen LogP contribution in [0.2, 0.25) is 0 Å². The molecule has 0 spiro atoms. The van der Waals surface area contributed by atoms with Crippen molar-refractivity contribution in [3.05, 3.63) is 0 Å². The lowest BCUT2D eigenvalue weighted by atomic mass is 9.78. The minimum Gasteiger partial charge on any atom is -0.303 e. The molecule has 1 fully saturated rings. The lowest BCUT2D eigenvalue weighted by molar-refractivity contribution is -0.301. The normalized spacial score (nSPS) is 34.6. The number of aldehydes is 1. The summed E-state index contributed by atoms with van der Waals surface area (Å²) in [5, 5.41) is 0. The van der Waals surface area contributed by atoms with Crippen LogP contribution in [0.5, 0.6) is 0 Å². The molecule has 5 heteroatoms. The van der Waals surface area contributed by atoms with E-state index in [0.29, 0.717) is 0 Å². The van der Waals surface area contributed by atoms with Gasteiger partial charge in [0.1, 0.15) is 6.29 Å². The monoisotopic (exact) mass is 156 g/mol. The number of hydrogen-bond donors (Lipinski definition) is 0. The summed E-state index contributed by atoms with van der Waals surface area (Å²) in [6.45, 7) is 0. The van der Waals surface area contributed by atoms with E-state index in [1.807, 2.05) is 0 Å². The van der Waals surface area contributed by atoms with Crippen molar-refractivity contribution in [2.24, 2.45) is 5.92 Å². The van der Waals surface area contributed by atoms with E-state index in [0.717, 1.165) is 0 Å². The van der Waals surface area contributed by atoms with Gasteiger partial charge in [0, 0.05) is 6.42 Å². The Balaban J connectivity index is 2.73. The zero-order chi connectivity index (χ0) is 7.99. The summed E-state index contributed by atoms with van der Waals surface area (Å²) < 4.78 is 47.7. The van der Waals surface area contributed by atoms with Crippen molar-refractivity contribution in [3.63, 3.8) is 0 Å². The Morgan fingerprint density at radius 3 is 1.90 bits per heavy atom. The fraction of sp³-hybridized carbons (Fsp3) is 0.800. The van der Waals surface area contributed by atoms with E-state index >= 15 is 0 Å². The fourth-order valence-corrected chi connectivity index (χ4v) is 0.814. The van der Waals surface area contributed by atoms with Gasteiger partial charge in [0.2, 0.25) is 0 Å². The largest absolute Gasteiger partial charge is 0.319 e. The number of carbonyl (C=O) groups excluding carboxylic acids is 1. The Morgan fingerprint density at radius 1 is 1.30 bits per heavy atom. The summed E-state index contributed by atoms with van der Waals surface area (Å²) in [6.07, 6.45) is -1.15. The maximum atomic E-state index is 12.0. The van der Waals surface area contributed by atoms with Crippen LogP contribution in [0.4, 0.5) is 17.6 Å². The maximum absolute atomic E-state index is 12.0. The van der Waals surface area contributed by atoms with E-state index in [2.05, 4.69) is 0 Å². The second-order valence-corrected chi connectivity index (χ2v) is 2.27. The van der Waals surface area contributed by atoms with Gasteiger partial charge in [-0.25, -0.2) is 0 Å². The molecule has 1 atom stereocenters. The molecule has 0 aromatic rings. The van der Waals surface area contributed by atoms with Crippen LogP contribution in [0.3, 0.4) is 0 Å². The minimum atomic E-state index is -4.12. The molecule has 1 unspecified atom stereocenters. The zero-order valence-electron chi connectivity index (χ0n) is 4.78. The zero-order valence-corrected chi connectivity index (χ0v) is 4.78. The Bertz CT molecular complexity index is 165. The molecule has 0 amide bonds. The van der Waals surface area contributed by atoms with Gasteiger partial charge >= 0.3 is 11.8 Å². The summed E-state index contributed by atoms with van der Waals surface area (Å²) in [5.74, 6) is -9.88. The highest BCUT2D eigenvalue weighted by atomic mass is 19.3. The van der Waals surface area contributed by atoms with Crippen LogP contribution >= 0.6 is 0 Å². The lowest BCUT2D eigenvalue weighted by Gasteiger charge is -2.40. The second-order valence-electron chi connectivity index (χ2n) is 2.27. The first kappa shape index (κ1) is 7.50. The summed E-state index contributed by atoms with van der Waals surface area (Å²) in [4.78, 5) is 9.68. The first-order valence-corrected chi connectivity index (χ1v) is 2.63. The Morgan fingerprint density at radius 2 is 1.80 bits per heavy atom. The summed E-state index contributed by atoms with van der Waals surface area (Å²) in [6, 6.07) is 0. The molecule has 1 aliphatic carbocycles. The standard InChI is InChI=1S/C5H4F4O/c6-4(7)1-3(2-10)5(4,8)9/h2-3H,1H2. The van der Waals surface area contributed by atoms with Crippen LogP contribution < -0.4 is 0 Å². The molecule has 1 nitrogen and oxygen atoms in total. The lowest BCUT2D eigenvalue weighted by Crippen LogP contribution is -2.59. The van der Waals surface area contributed by atoms with Gasteiger partial charge in [0.25, 0.3) is 0 Å². The first-order valence-electron chi connectivity index (χ1n) is 2.63. The van der Waals surface area contributed by atoms with Crippen LogP contribution in [-0.4, -0.2) is 18.1 Å². The van der Waals surface area contributed by atoms with E-state index in [-0.39, 0.29) is 6.29 Å². The van der Waals surface area contributed by atoms with Gasteiger partial charge in [0.15, 0.2) is 0 Å². The Hall–Kier alpha value is -0.610. The predicted molar refractivity (Wildman–Crippen MR) is 24.1 cm³/mol. The molecule has 0 aliphatic heterocycles. The molecule has 0 aromatic heterocycles. The van der Waals surface area contributed by atoms with Crippen molar-refractivity contribution in [3.8, 4) is 0 Å². The molecular weight excluding hydrogens is 152 g/mol. The minimum absolute atomic E-state index is 0.128. The first-order chi connectivity index (χ1) is 4.42. The molecule has 0 aromatic carbocycles. The molecule has 0 N–H and O–H groups in total. The number of rotatable bonds is 1. The molecule has 0 bridgehead atoms. The molecule has 1 aliphatic rings. The smallest absolute Gasteiger partial charge is 0.303 e. The molecule has 0 radical (unpaired) electrons. The van der Waals surface area contributed by atoms with Crippen molar-refractivity contribution >= 4 is 6.29 Å². The second kappa shape index (κ2) is 1.71. The Kier molecular flexibility index (Phi) is 1.28. The van der Waals surface area contributed by atoms with Crippen LogP contribution in [0.15, 0.2) is 0 Å². The molecule has 0 saturated heterocycles. The quantitative estimate of drug-likeness (QED) is 0.415. The van der Waals surface area contributed by atoms with Crippen LogP contribution in [-0.2, 0) is 4.79 Å². The van der Waals surface area contributed by atoms with Crippen LogP contribution in [0, 0.1) is 5.92 Å². The summed E-state index contributed by atoms with van der Waals surface area (Å²) >= 11 is 0. The van der Waals surface area contributed by atoms with Crippen molar-refractivity contribution < 1.29 is 22.4 Å². The summed E-state index contributed by atoms with van der Waals surface area (Å²) in [7, 11) is 0. The van der Waals surface area contributed by atoms with Crippen molar-refractivity contribution in [1.82, 2.24) is 0 Å². The number of alkyl halides is 4. The third-order valence-corrected chi connectivity index (χ3v) is 1.59. The molecular formula is C5H4F4O. The molecule has 58 valence electrons. The Labute approximate surface area is 54.0 Å². The van der Waals surface area contributed by atoms with Gasteiger partial charge in [-0.1, -0.05) is 0 Å². The van der Waals surface area contributed by atoms with Crippen LogP contribution in [0.25, 0.3) is 0 Å². The molecule has 1 rings (SSSR count). The highest BCUT2D eigenvalue weighted by molar-refractivity contribution is 5.58. The van der Waals surface area contributed by atoms with Gasteiger partial charge in [-0.2, -0.15) is 17.6 Å². The molecule has 0 heterocycles. The van der Waals surface area contributed by atoms with Gasteiger partial charge in [-0.05, 0) is 0 Å². The van der Waals surface area contributed by atoms with Gasteiger partial charge in [-0.15, -0.1) is 0 Å². The predicted octanol–water partition coefficient (Wildman–Crippen LogP) is 1.48. The average molecular weight is 156 g/mol. The summed E-state index contributed by atoms with van der Waals surface area (Å²) in [5.41, 5.74) is 0. The third kappa shape index (κ3) is 0.660. The SMILES string of the molecule is O=CC1CC(F)(F)C1(F)F. The average Bonchev–Trinajstić information content (AvgIpc) is 1.83. The topological polar surface area (TPSA) is 17.1 Å². The van der Waals surface area contributed by atoms with Gasteiger partial charge in [-0.3, -0.25) is 0 Å². The third-order valence-electron chi connectivity index (χ3n) is 1.59. The highest BCUT2D eigenvalue weighted by Crippen LogP contribution is 2.54. The van der Waals surface area contributed by atoms with Crippen molar-refractivity contribution in [2.75, 3.05) is 0 Å². The molecule has 1 saturated carbocycles. The number of halogens is 4. The molecule has 10 heavy (non-hydrogen) atoms. The van der Waals surface area contributed by atoms with Crippen molar-refractivity contribution in [1.29, 1.82) is 0 Å². The van der Waals surface area contributed by atoms with Crippen LogP contribution in [0.1, 0.15) is 6.42 Å². The van der Waals surface area contributed by atoms with Crippen molar-refractivity contribution in [2.45, 2.75) is 18.3 Å². The van der Waals surface area contributed by atoms with E-state index < -0.39 is 24.2 Å². The van der Waals surface area contributed by atoms with Gasteiger partial charge < -0.3 is 4.79 Å².